The molecule has 1 aliphatic heterocycles. The van der Waals surface area contributed by atoms with Gasteiger partial charge in [-0.15, -0.1) is 0 Å². The van der Waals surface area contributed by atoms with Crippen LogP contribution in [0.1, 0.15) is 37.1 Å². The molecule has 1 aliphatic rings. The molecule has 6 nitrogen and oxygen atoms in total. The van der Waals surface area contributed by atoms with Gasteiger partial charge in [-0.3, -0.25) is 0 Å². The van der Waals surface area contributed by atoms with Gasteiger partial charge in [-0.2, -0.15) is 15.4 Å². The van der Waals surface area contributed by atoms with E-state index < -0.39 is 0 Å². The Morgan fingerprint density at radius 3 is 2.90 bits per heavy atom. The molecular weight excluding hydrogens is 268 g/mol. The highest BCUT2D eigenvalue weighted by atomic mass is 16.5. The summed E-state index contributed by atoms with van der Waals surface area (Å²) < 4.78 is 11.4. The van der Waals surface area contributed by atoms with Crippen molar-refractivity contribution in [3.05, 3.63) is 35.7 Å². The Bertz CT molecular complexity index is 571. The van der Waals surface area contributed by atoms with E-state index in [4.69, 9.17) is 9.47 Å². The van der Waals surface area contributed by atoms with Crippen LogP contribution in [-0.2, 0) is 0 Å². The van der Waals surface area contributed by atoms with Gasteiger partial charge in [-0.25, -0.2) is 0 Å². The summed E-state index contributed by atoms with van der Waals surface area (Å²) >= 11 is 0. The van der Waals surface area contributed by atoms with Crippen LogP contribution in [0.3, 0.4) is 0 Å². The minimum atomic E-state index is 0.000790. The largest absolute Gasteiger partial charge is 0.490 e. The maximum absolute atomic E-state index is 5.76. The van der Waals surface area contributed by atoms with Gasteiger partial charge in [-0.05, 0) is 30.7 Å². The van der Waals surface area contributed by atoms with Crippen molar-refractivity contribution in [2.45, 2.75) is 25.8 Å². The van der Waals surface area contributed by atoms with Crippen LogP contribution in [0.15, 0.2) is 24.4 Å². The highest BCUT2D eigenvalue weighted by Crippen LogP contribution is 2.33. The summed E-state index contributed by atoms with van der Waals surface area (Å²) in [5.74, 6) is 1.61. The van der Waals surface area contributed by atoms with Gasteiger partial charge in [0.25, 0.3) is 0 Å². The molecule has 0 aliphatic carbocycles. The fraction of sp³-hybridized carbons (Fsp3) is 0.467. The molecule has 0 bridgehead atoms. The molecule has 0 radical (unpaired) electrons. The molecule has 0 saturated heterocycles. The van der Waals surface area contributed by atoms with Gasteiger partial charge in [0.2, 0.25) is 0 Å². The van der Waals surface area contributed by atoms with E-state index in [0.29, 0.717) is 13.2 Å². The normalized spacial score (nSPS) is 15.5. The van der Waals surface area contributed by atoms with Crippen LogP contribution in [0.2, 0.25) is 0 Å². The summed E-state index contributed by atoms with van der Waals surface area (Å²) in [7, 11) is 0. The maximum Gasteiger partial charge on any atom is 0.161 e. The maximum atomic E-state index is 5.76. The molecule has 0 fully saturated rings. The SMILES string of the molecule is CCCNC(c1ccc2c(c1)OCCCO2)c1cn[nH]n1. The molecule has 1 atom stereocenters. The molecule has 3 rings (SSSR count). The predicted octanol–water partition coefficient (Wildman–Crippen LogP) is 2.05. The fourth-order valence-corrected chi connectivity index (χ4v) is 2.39. The number of ether oxygens (including phenoxy) is 2. The van der Waals surface area contributed by atoms with Gasteiger partial charge in [0.05, 0.1) is 25.5 Å². The second-order valence-electron chi connectivity index (χ2n) is 5.04. The second kappa shape index (κ2) is 6.58. The van der Waals surface area contributed by atoms with Crippen LogP contribution in [0.25, 0.3) is 0 Å². The van der Waals surface area contributed by atoms with E-state index in [0.717, 1.165) is 42.1 Å². The lowest BCUT2D eigenvalue weighted by Crippen LogP contribution is -2.23. The van der Waals surface area contributed by atoms with Crippen LogP contribution in [0.4, 0.5) is 0 Å². The standard InChI is InChI=1S/C15H20N4O2/c1-2-6-16-15(12-10-17-19-18-12)11-4-5-13-14(9-11)21-8-3-7-20-13/h4-5,9-10,15-16H,2-3,6-8H2,1H3,(H,17,18,19). The number of nitrogens with zero attached hydrogens (tertiary/aromatic N) is 2. The average Bonchev–Trinajstić information content (AvgIpc) is 2.93. The topological polar surface area (TPSA) is 72.1 Å². The zero-order valence-corrected chi connectivity index (χ0v) is 12.1. The number of fused-ring (bicyclic) bond motifs is 1. The van der Waals surface area contributed by atoms with Crippen molar-refractivity contribution >= 4 is 0 Å². The van der Waals surface area contributed by atoms with Gasteiger partial charge in [0.1, 0.15) is 5.69 Å². The third-order valence-electron chi connectivity index (χ3n) is 3.43. The molecule has 2 N–H and O–H groups in total. The first-order valence-corrected chi connectivity index (χ1v) is 7.37. The zero-order valence-electron chi connectivity index (χ0n) is 12.1. The Labute approximate surface area is 123 Å². The van der Waals surface area contributed by atoms with Crippen LogP contribution in [-0.4, -0.2) is 35.2 Å². The van der Waals surface area contributed by atoms with E-state index in [9.17, 15) is 0 Å². The first-order valence-electron chi connectivity index (χ1n) is 7.37. The van der Waals surface area contributed by atoms with Gasteiger partial charge < -0.3 is 14.8 Å². The molecule has 1 aromatic carbocycles. The summed E-state index contributed by atoms with van der Waals surface area (Å²) in [4.78, 5) is 0. The van der Waals surface area contributed by atoms with E-state index in [2.05, 4.69) is 33.7 Å². The summed E-state index contributed by atoms with van der Waals surface area (Å²) in [6, 6.07) is 6.05. The lowest BCUT2D eigenvalue weighted by Gasteiger charge is -2.18. The number of hydrogen-bond donors (Lipinski definition) is 2. The molecule has 2 heterocycles. The molecule has 0 amide bonds. The highest BCUT2D eigenvalue weighted by Gasteiger charge is 2.19. The van der Waals surface area contributed by atoms with Crippen molar-refractivity contribution in [1.29, 1.82) is 0 Å². The Hall–Kier alpha value is -2.08. The summed E-state index contributed by atoms with van der Waals surface area (Å²) in [5.41, 5.74) is 1.97. The number of benzene rings is 1. The minimum Gasteiger partial charge on any atom is -0.490 e. The Morgan fingerprint density at radius 2 is 2.14 bits per heavy atom. The third-order valence-corrected chi connectivity index (χ3v) is 3.43. The number of aromatic amines is 1. The predicted molar refractivity (Wildman–Crippen MR) is 78.6 cm³/mol. The molecule has 6 heteroatoms. The van der Waals surface area contributed by atoms with Gasteiger partial charge in [0.15, 0.2) is 11.5 Å². The average molecular weight is 288 g/mol. The third kappa shape index (κ3) is 3.16. The number of aromatic nitrogens is 3. The fourth-order valence-electron chi connectivity index (χ4n) is 2.39. The van der Waals surface area contributed by atoms with Crippen LogP contribution >= 0.6 is 0 Å². The second-order valence-corrected chi connectivity index (χ2v) is 5.04. The number of nitrogens with one attached hydrogen (secondary N) is 2. The Kier molecular flexibility index (Phi) is 4.35. The van der Waals surface area contributed by atoms with E-state index in [1.165, 1.54) is 0 Å². The van der Waals surface area contributed by atoms with Crippen molar-refractivity contribution in [3.63, 3.8) is 0 Å². The summed E-state index contributed by atoms with van der Waals surface area (Å²) in [5, 5.41) is 14.3. The Balaban J connectivity index is 1.90. The van der Waals surface area contributed by atoms with Crippen molar-refractivity contribution in [1.82, 2.24) is 20.7 Å². The van der Waals surface area contributed by atoms with Gasteiger partial charge in [0, 0.05) is 6.42 Å². The summed E-state index contributed by atoms with van der Waals surface area (Å²) in [6.45, 7) is 4.44. The van der Waals surface area contributed by atoms with Crippen LogP contribution in [0.5, 0.6) is 11.5 Å². The number of rotatable bonds is 5. The lowest BCUT2D eigenvalue weighted by molar-refractivity contribution is 0.297. The van der Waals surface area contributed by atoms with Crippen LogP contribution in [0, 0.1) is 0 Å². The van der Waals surface area contributed by atoms with Crippen molar-refractivity contribution in [3.8, 4) is 11.5 Å². The van der Waals surface area contributed by atoms with Gasteiger partial charge in [-0.1, -0.05) is 13.0 Å². The first kappa shape index (κ1) is 13.9. The molecule has 0 spiro atoms. The minimum absolute atomic E-state index is 0.000790. The van der Waals surface area contributed by atoms with E-state index >= 15 is 0 Å². The van der Waals surface area contributed by atoms with E-state index in [1.807, 2.05) is 12.1 Å². The van der Waals surface area contributed by atoms with Crippen molar-refractivity contribution in [2.24, 2.45) is 0 Å². The Morgan fingerprint density at radius 1 is 1.29 bits per heavy atom. The molecule has 21 heavy (non-hydrogen) atoms. The van der Waals surface area contributed by atoms with Gasteiger partial charge >= 0.3 is 0 Å². The van der Waals surface area contributed by atoms with E-state index in [-0.39, 0.29) is 6.04 Å². The monoisotopic (exact) mass is 288 g/mol. The quantitative estimate of drug-likeness (QED) is 0.881. The molecule has 112 valence electrons. The van der Waals surface area contributed by atoms with Crippen LogP contribution < -0.4 is 14.8 Å². The molecular formula is C15H20N4O2. The van der Waals surface area contributed by atoms with E-state index in [1.54, 1.807) is 6.20 Å². The molecule has 2 aromatic rings. The highest BCUT2D eigenvalue weighted by molar-refractivity contribution is 5.45. The molecule has 0 saturated carbocycles. The summed E-state index contributed by atoms with van der Waals surface area (Å²) in [6.07, 6.45) is 3.71. The number of H-pyrrole nitrogens is 1. The smallest absolute Gasteiger partial charge is 0.161 e. The number of hydrogen-bond acceptors (Lipinski definition) is 5. The van der Waals surface area contributed by atoms with Crippen molar-refractivity contribution < 1.29 is 9.47 Å². The molecule has 1 unspecified atom stereocenters. The molecule has 1 aromatic heterocycles. The first-order chi connectivity index (χ1) is 10.4. The lowest BCUT2D eigenvalue weighted by atomic mass is 10.0. The van der Waals surface area contributed by atoms with Crippen molar-refractivity contribution in [2.75, 3.05) is 19.8 Å². The zero-order chi connectivity index (χ0) is 14.5.